The zero-order chi connectivity index (χ0) is 22.6. The van der Waals surface area contributed by atoms with Gasteiger partial charge in [0, 0.05) is 19.1 Å². The van der Waals surface area contributed by atoms with Gasteiger partial charge in [0.15, 0.2) is 6.61 Å². The maximum atomic E-state index is 13.2. The first-order valence-corrected chi connectivity index (χ1v) is 12.5. The number of sulfonamides is 1. The number of benzene rings is 2. The van der Waals surface area contributed by atoms with Crippen molar-refractivity contribution in [2.75, 3.05) is 13.2 Å². The van der Waals surface area contributed by atoms with Gasteiger partial charge in [-0.15, -0.1) is 0 Å². The first kappa shape index (κ1) is 22.5. The second kappa shape index (κ2) is 9.83. The molecule has 0 spiro atoms. The minimum Gasteiger partial charge on any atom is -0.452 e. The molecule has 0 atom stereocenters. The average Bonchev–Trinajstić information content (AvgIpc) is 2.83. The molecule has 0 bridgehead atoms. The Morgan fingerprint density at radius 2 is 1.75 bits per heavy atom. The predicted molar refractivity (Wildman–Crippen MR) is 119 cm³/mol. The van der Waals surface area contributed by atoms with Gasteiger partial charge in [-0.2, -0.15) is 4.31 Å². The lowest BCUT2D eigenvalue weighted by Gasteiger charge is -2.28. The molecular formula is C24H28N2O5S. The van der Waals surface area contributed by atoms with Crippen molar-refractivity contribution in [1.29, 1.82) is 0 Å². The summed E-state index contributed by atoms with van der Waals surface area (Å²) in [6.07, 6.45) is 5.90. The maximum absolute atomic E-state index is 13.2. The van der Waals surface area contributed by atoms with Crippen LogP contribution in [0.15, 0.2) is 53.4 Å². The highest BCUT2D eigenvalue weighted by molar-refractivity contribution is 7.89. The van der Waals surface area contributed by atoms with Crippen LogP contribution in [-0.2, 0) is 32.5 Å². The summed E-state index contributed by atoms with van der Waals surface area (Å²) in [5, 5.41) is 2.89. The van der Waals surface area contributed by atoms with E-state index in [2.05, 4.69) is 5.32 Å². The van der Waals surface area contributed by atoms with Gasteiger partial charge in [-0.05, 0) is 48.6 Å². The minimum absolute atomic E-state index is 0.0398. The number of hydrogen-bond donors (Lipinski definition) is 1. The summed E-state index contributed by atoms with van der Waals surface area (Å²) in [5.41, 5.74) is 2.25. The Hall–Kier alpha value is -2.71. The molecular weight excluding hydrogens is 428 g/mol. The van der Waals surface area contributed by atoms with Gasteiger partial charge in [0.25, 0.3) is 5.91 Å². The highest BCUT2D eigenvalue weighted by Gasteiger charge is 2.29. The van der Waals surface area contributed by atoms with Crippen molar-refractivity contribution in [3.63, 3.8) is 0 Å². The lowest BCUT2D eigenvalue weighted by atomic mass is 9.95. The van der Waals surface area contributed by atoms with E-state index in [-0.39, 0.29) is 29.0 Å². The molecule has 0 aromatic heterocycles. The van der Waals surface area contributed by atoms with Crippen molar-refractivity contribution in [2.24, 2.45) is 0 Å². The molecule has 1 aliphatic heterocycles. The van der Waals surface area contributed by atoms with Crippen LogP contribution in [-0.4, -0.2) is 43.8 Å². The lowest BCUT2D eigenvalue weighted by Crippen LogP contribution is -2.38. The number of amides is 1. The largest absolute Gasteiger partial charge is 0.452 e. The third kappa shape index (κ3) is 5.19. The first-order valence-electron chi connectivity index (χ1n) is 11.1. The number of carbonyl (C=O) groups excluding carboxylic acids is 2. The van der Waals surface area contributed by atoms with Crippen molar-refractivity contribution in [2.45, 2.75) is 56.0 Å². The van der Waals surface area contributed by atoms with Gasteiger partial charge in [-0.25, -0.2) is 13.2 Å². The highest BCUT2D eigenvalue weighted by atomic mass is 32.2. The minimum atomic E-state index is -3.76. The molecule has 1 saturated carbocycles. The smallest absolute Gasteiger partial charge is 0.338 e. The van der Waals surface area contributed by atoms with E-state index in [0.717, 1.165) is 36.8 Å². The standard InChI is InChI=1S/C24H28N2O5S/c27-23(25-21-10-2-1-3-11-21)17-31-24(28)19-9-6-12-22(15-19)32(29,30)26-14-13-18-7-4-5-8-20(18)16-26/h4-9,12,15,21H,1-3,10-11,13-14,16-17H2,(H,25,27). The van der Waals surface area contributed by atoms with Gasteiger partial charge in [-0.1, -0.05) is 49.6 Å². The Bertz CT molecular complexity index is 1090. The van der Waals surface area contributed by atoms with E-state index >= 15 is 0 Å². The fourth-order valence-electron chi connectivity index (χ4n) is 4.34. The number of fused-ring (bicyclic) bond motifs is 1. The van der Waals surface area contributed by atoms with E-state index in [1.807, 2.05) is 24.3 Å². The molecule has 1 amide bonds. The Morgan fingerprint density at radius 3 is 2.53 bits per heavy atom. The van der Waals surface area contributed by atoms with E-state index in [9.17, 15) is 18.0 Å². The van der Waals surface area contributed by atoms with Gasteiger partial charge >= 0.3 is 5.97 Å². The number of ether oxygens (including phenoxy) is 1. The molecule has 1 heterocycles. The Morgan fingerprint density at radius 1 is 1.00 bits per heavy atom. The van der Waals surface area contributed by atoms with Gasteiger partial charge in [0.2, 0.25) is 10.0 Å². The molecule has 1 fully saturated rings. The number of rotatable bonds is 6. The van der Waals surface area contributed by atoms with Crippen molar-refractivity contribution < 1.29 is 22.7 Å². The maximum Gasteiger partial charge on any atom is 0.338 e. The predicted octanol–water partition coefficient (Wildman–Crippen LogP) is 3.04. The zero-order valence-electron chi connectivity index (χ0n) is 18.0. The summed E-state index contributed by atoms with van der Waals surface area (Å²) in [7, 11) is -3.76. The van der Waals surface area contributed by atoms with E-state index in [1.165, 1.54) is 35.0 Å². The van der Waals surface area contributed by atoms with Crippen LogP contribution in [0.25, 0.3) is 0 Å². The van der Waals surface area contributed by atoms with Gasteiger partial charge in [-0.3, -0.25) is 4.79 Å². The molecule has 2 aliphatic rings. The quantitative estimate of drug-likeness (QED) is 0.675. The molecule has 32 heavy (non-hydrogen) atoms. The van der Waals surface area contributed by atoms with Crippen LogP contribution < -0.4 is 5.32 Å². The van der Waals surface area contributed by atoms with Crippen LogP contribution in [0.2, 0.25) is 0 Å². The molecule has 2 aromatic rings. The monoisotopic (exact) mass is 456 g/mol. The topological polar surface area (TPSA) is 92.8 Å². The molecule has 8 heteroatoms. The van der Waals surface area contributed by atoms with Gasteiger partial charge in [0.05, 0.1) is 10.5 Å². The summed E-state index contributed by atoms with van der Waals surface area (Å²) in [5.74, 6) is -1.05. The van der Waals surface area contributed by atoms with E-state index < -0.39 is 16.0 Å². The number of nitrogens with zero attached hydrogens (tertiary/aromatic N) is 1. The molecule has 7 nitrogen and oxygen atoms in total. The normalized spacial score (nSPS) is 17.4. The first-order chi connectivity index (χ1) is 15.4. The SMILES string of the molecule is O=C(COC(=O)c1cccc(S(=O)(=O)N2CCc3ccccc3C2)c1)NC1CCCCC1. The van der Waals surface area contributed by atoms with Crippen molar-refractivity contribution in [3.05, 3.63) is 65.2 Å². The Labute approximate surface area is 188 Å². The molecule has 0 unspecified atom stereocenters. The third-order valence-electron chi connectivity index (χ3n) is 6.11. The van der Waals surface area contributed by atoms with Crippen LogP contribution >= 0.6 is 0 Å². The highest BCUT2D eigenvalue weighted by Crippen LogP contribution is 2.25. The van der Waals surface area contributed by atoms with Crippen LogP contribution in [0.3, 0.4) is 0 Å². The number of esters is 1. The van der Waals surface area contributed by atoms with E-state index in [0.29, 0.717) is 19.5 Å². The molecule has 4 rings (SSSR count). The zero-order valence-corrected chi connectivity index (χ0v) is 18.8. The second-order valence-corrected chi connectivity index (χ2v) is 10.3. The van der Waals surface area contributed by atoms with Crippen LogP contribution in [0.5, 0.6) is 0 Å². The molecule has 0 radical (unpaired) electrons. The number of carbonyl (C=O) groups is 2. The molecule has 0 saturated heterocycles. The molecule has 2 aromatic carbocycles. The summed E-state index contributed by atoms with van der Waals surface area (Å²) in [6.45, 7) is 0.305. The Kier molecular flexibility index (Phi) is 6.91. The van der Waals surface area contributed by atoms with Crippen LogP contribution in [0.1, 0.15) is 53.6 Å². The fraction of sp³-hybridized carbons (Fsp3) is 0.417. The second-order valence-electron chi connectivity index (χ2n) is 8.36. The Balaban J connectivity index is 1.39. The van der Waals surface area contributed by atoms with Crippen molar-refractivity contribution >= 4 is 21.9 Å². The summed E-state index contributed by atoms with van der Waals surface area (Å²) >= 11 is 0. The molecule has 170 valence electrons. The van der Waals surface area contributed by atoms with Crippen molar-refractivity contribution in [1.82, 2.24) is 9.62 Å². The van der Waals surface area contributed by atoms with Gasteiger partial charge in [0.1, 0.15) is 0 Å². The van der Waals surface area contributed by atoms with Gasteiger partial charge < -0.3 is 10.1 Å². The van der Waals surface area contributed by atoms with E-state index in [4.69, 9.17) is 4.74 Å². The van der Waals surface area contributed by atoms with Crippen molar-refractivity contribution in [3.8, 4) is 0 Å². The van der Waals surface area contributed by atoms with Crippen LogP contribution in [0, 0.1) is 0 Å². The average molecular weight is 457 g/mol. The van der Waals surface area contributed by atoms with E-state index in [1.54, 1.807) is 0 Å². The summed E-state index contributed by atoms with van der Waals surface area (Å²) < 4.78 is 32.9. The third-order valence-corrected chi connectivity index (χ3v) is 7.95. The summed E-state index contributed by atoms with van der Waals surface area (Å²) in [6, 6.07) is 13.7. The number of hydrogen-bond acceptors (Lipinski definition) is 5. The molecule has 1 N–H and O–H groups in total. The number of nitrogens with one attached hydrogen (secondary N) is 1. The van der Waals surface area contributed by atoms with Crippen LogP contribution in [0.4, 0.5) is 0 Å². The summed E-state index contributed by atoms with van der Waals surface area (Å²) in [4.78, 5) is 24.6. The molecule has 1 aliphatic carbocycles. The lowest BCUT2D eigenvalue weighted by molar-refractivity contribution is -0.125. The fourth-order valence-corrected chi connectivity index (χ4v) is 5.80.